The molecule has 74 valence electrons. The minimum absolute atomic E-state index is 0.0706. The zero-order valence-electron chi connectivity index (χ0n) is 7.80. The third-order valence-corrected chi connectivity index (χ3v) is 1.90. The van der Waals surface area contributed by atoms with Gasteiger partial charge in [0.25, 0.3) is 5.69 Å². The van der Waals surface area contributed by atoms with E-state index in [2.05, 4.69) is 5.10 Å². The first kappa shape index (κ1) is 10.2. The molecular formula is C9H11N3O2. The van der Waals surface area contributed by atoms with Crippen molar-refractivity contribution in [1.82, 2.24) is 0 Å². The molecule has 1 rings (SSSR count). The standard InChI is InChI=1S/C9H11N3O2/c1-2-9(11-10)7-3-5-8(6-4-7)12(13)14/h3-6H,2,10H2,1H3. The predicted molar refractivity (Wildman–Crippen MR) is 54.1 cm³/mol. The van der Waals surface area contributed by atoms with Crippen molar-refractivity contribution in [2.45, 2.75) is 13.3 Å². The van der Waals surface area contributed by atoms with Crippen molar-refractivity contribution in [3.8, 4) is 0 Å². The molecule has 0 saturated carbocycles. The van der Waals surface area contributed by atoms with Gasteiger partial charge in [0.05, 0.1) is 10.6 Å². The zero-order chi connectivity index (χ0) is 10.6. The first-order valence-electron chi connectivity index (χ1n) is 4.20. The van der Waals surface area contributed by atoms with E-state index in [-0.39, 0.29) is 5.69 Å². The van der Waals surface area contributed by atoms with Crippen molar-refractivity contribution in [2.75, 3.05) is 0 Å². The molecule has 0 spiro atoms. The van der Waals surface area contributed by atoms with Crippen LogP contribution in [-0.4, -0.2) is 10.6 Å². The Labute approximate surface area is 81.4 Å². The molecule has 0 amide bonds. The molecule has 0 bridgehead atoms. The molecule has 0 radical (unpaired) electrons. The monoisotopic (exact) mass is 193 g/mol. The molecule has 14 heavy (non-hydrogen) atoms. The Morgan fingerprint density at radius 3 is 2.43 bits per heavy atom. The second-order valence-electron chi connectivity index (χ2n) is 2.73. The molecule has 0 unspecified atom stereocenters. The van der Waals surface area contributed by atoms with E-state index in [1.54, 1.807) is 12.1 Å². The summed E-state index contributed by atoms with van der Waals surface area (Å²) in [6.45, 7) is 1.92. The van der Waals surface area contributed by atoms with E-state index >= 15 is 0 Å². The SMILES string of the molecule is CCC(=NN)c1ccc([N+](=O)[O-])cc1. The Morgan fingerprint density at radius 1 is 1.50 bits per heavy atom. The van der Waals surface area contributed by atoms with Gasteiger partial charge in [-0.25, -0.2) is 0 Å². The highest BCUT2D eigenvalue weighted by atomic mass is 16.6. The molecule has 5 nitrogen and oxygen atoms in total. The minimum atomic E-state index is -0.436. The van der Waals surface area contributed by atoms with Crippen LogP contribution >= 0.6 is 0 Å². The van der Waals surface area contributed by atoms with Crippen LogP contribution in [0.3, 0.4) is 0 Å². The third kappa shape index (κ3) is 2.07. The van der Waals surface area contributed by atoms with Gasteiger partial charge in [-0.05, 0) is 24.1 Å². The van der Waals surface area contributed by atoms with Crippen molar-refractivity contribution in [2.24, 2.45) is 10.9 Å². The molecule has 1 aromatic rings. The van der Waals surface area contributed by atoms with E-state index in [4.69, 9.17) is 5.84 Å². The maximum absolute atomic E-state index is 10.4. The van der Waals surface area contributed by atoms with E-state index in [0.29, 0.717) is 6.42 Å². The Balaban J connectivity index is 2.99. The summed E-state index contributed by atoms with van der Waals surface area (Å²) in [5, 5.41) is 14.0. The molecule has 0 heterocycles. The highest BCUT2D eigenvalue weighted by Gasteiger charge is 2.06. The van der Waals surface area contributed by atoms with Crippen molar-refractivity contribution in [3.05, 3.63) is 39.9 Å². The molecule has 0 aliphatic heterocycles. The average Bonchev–Trinajstić information content (AvgIpc) is 2.20. The fourth-order valence-corrected chi connectivity index (χ4v) is 1.15. The summed E-state index contributed by atoms with van der Waals surface area (Å²) < 4.78 is 0. The lowest BCUT2D eigenvalue weighted by atomic mass is 10.1. The van der Waals surface area contributed by atoms with Crippen molar-refractivity contribution >= 4 is 11.4 Å². The van der Waals surface area contributed by atoms with Gasteiger partial charge >= 0.3 is 0 Å². The lowest BCUT2D eigenvalue weighted by molar-refractivity contribution is -0.384. The lowest BCUT2D eigenvalue weighted by Gasteiger charge is -2.00. The van der Waals surface area contributed by atoms with Gasteiger partial charge in [0.2, 0.25) is 0 Å². The number of rotatable bonds is 3. The molecular weight excluding hydrogens is 182 g/mol. The number of nitro groups is 1. The van der Waals surface area contributed by atoms with Crippen LogP contribution in [0.2, 0.25) is 0 Å². The van der Waals surface area contributed by atoms with Crippen LogP contribution in [0.15, 0.2) is 29.4 Å². The fraction of sp³-hybridized carbons (Fsp3) is 0.222. The van der Waals surface area contributed by atoms with Gasteiger partial charge in [0.1, 0.15) is 0 Å². The van der Waals surface area contributed by atoms with Gasteiger partial charge in [-0.1, -0.05) is 6.92 Å². The van der Waals surface area contributed by atoms with E-state index < -0.39 is 4.92 Å². The van der Waals surface area contributed by atoms with E-state index in [0.717, 1.165) is 11.3 Å². The van der Waals surface area contributed by atoms with Gasteiger partial charge in [-0.3, -0.25) is 10.1 Å². The summed E-state index contributed by atoms with van der Waals surface area (Å²) in [5.74, 6) is 5.17. The molecule has 1 aromatic carbocycles. The maximum atomic E-state index is 10.4. The summed E-state index contributed by atoms with van der Waals surface area (Å²) in [5.41, 5.74) is 1.63. The van der Waals surface area contributed by atoms with Gasteiger partial charge < -0.3 is 5.84 Å². The Morgan fingerprint density at radius 2 is 2.07 bits per heavy atom. The first-order valence-corrected chi connectivity index (χ1v) is 4.20. The predicted octanol–water partition coefficient (Wildman–Crippen LogP) is 1.67. The quantitative estimate of drug-likeness (QED) is 0.343. The van der Waals surface area contributed by atoms with Crippen LogP contribution in [0.1, 0.15) is 18.9 Å². The van der Waals surface area contributed by atoms with E-state index in [9.17, 15) is 10.1 Å². The summed E-state index contributed by atoms with van der Waals surface area (Å²) in [6.07, 6.45) is 0.703. The highest BCUT2D eigenvalue weighted by Crippen LogP contribution is 2.13. The molecule has 0 atom stereocenters. The second kappa shape index (κ2) is 4.36. The topological polar surface area (TPSA) is 81.5 Å². The van der Waals surface area contributed by atoms with Crippen LogP contribution in [0.25, 0.3) is 0 Å². The van der Waals surface area contributed by atoms with Gasteiger partial charge in [-0.2, -0.15) is 5.10 Å². The number of hydrazone groups is 1. The average molecular weight is 193 g/mol. The second-order valence-corrected chi connectivity index (χ2v) is 2.73. The van der Waals surface area contributed by atoms with Crippen LogP contribution < -0.4 is 5.84 Å². The third-order valence-electron chi connectivity index (χ3n) is 1.90. The molecule has 2 N–H and O–H groups in total. The van der Waals surface area contributed by atoms with Gasteiger partial charge in [0.15, 0.2) is 0 Å². The molecule has 0 aliphatic rings. The lowest BCUT2D eigenvalue weighted by Crippen LogP contribution is -2.02. The largest absolute Gasteiger partial charge is 0.323 e. The van der Waals surface area contributed by atoms with Crippen molar-refractivity contribution in [1.29, 1.82) is 0 Å². The van der Waals surface area contributed by atoms with Crippen LogP contribution in [-0.2, 0) is 0 Å². The Kier molecular flexibility index (Phi) is 3.17. The summed E-state index contributed by atoms with van der Waals surface area (Å²) in [6, 6.07) is 6.17. The molecule has 0 aromatic heterocycles. The number of nitro benzene ring substituents is 1. The van der Waals surface area contributed by atoms with Gasteiger partial charge in [-0.15, -0.1) is 0 Å². The summed E-state index contributed by atoms with van der Waals surface area (Å²) in [4.78, 5) is 9.94. The molecule has 5 heteroatoms. The van der Waals surface area contributed by atoms with Gasteiger partial charge in [0, 0.05) is 12.1 Å². The molecule has 0 saturated heterocycles. The van der Waals surface area contributed by atoms with Crippen LogP contribution in [0, 0.1) is 10.1 Å². The Hall–Kier alpha value is -1.91. The number of hydrogen-bond acceptors (Lipinski definition) is 4. The highest BCUT2D eigenvalue weighted by molar-refractivity contribution is 6.00. The number of non-ortho nitro benzene ring substituents is 1. The summed E-state index contributed by atoms with van der Waals surface area (Å²) >= 11 is 0. The van der Waals surface area contributed by atoms with E-state index in [1.807, 2.05) is 6.92 Å². The number of benzene rings is 1. The first-order chi connectivity index (χ1) is 6.69. The van der Waals surface area contributed by atoms with Crippen molar-refractivity contribution in [3.63, 3.8) is 0 Å². The minimum Gasteiger partial charge on any atom is -0.323 e. The van der Waals surface area contributed by atoms with Crippen LogP contribution in [0.4, 0.5) is 5.69 Å². The van der Waals surface area contributed by atoms with Crippen LogP contribution in [0.5, 0.6) is 0 Å². The number of hydrogen-bond donors (Lipinski definition) is 1. The van der Waals surface area contributed by atoms with E-state index in [1.165, 1.54) is 12.1 Å². The number of nitrogens with two attached hydrogens (primary N) is 1. The Bertz CT molecular complexity index is 357. The number of nitrogens with zero attached hydrogens (tertiary/aromatic N) is 2. The maximum Gasteiger partial charge on any atom is 0.269 e. The normalized spacial score (nSPS) is 11.4. The smallest absolute Gasteiger partial charge is 0.269 e. The zero-order valence-corrected chi connectivity index (χ0v) is 7.80. The van der Waals surface area contributed by atoms with Crippen molar-refractivity contribution < 1.29 is 4.92 Å². The molecule has 0 fully saturated rings. The molecule has 0 aliphatic carbocycles. The summed E-state index contributed by atoms with van der Waals surface area (Å²) in [7, 11) is 0. The fourth-order valence-electron chi connectivity index (χ4n) is 1.15.